The number of hydrogen-bond acceptors (Lipinski definition) is 3. The Morgan fingerprint density at radius 1 is 1.10 bits per heavy atom. The Hall–Kier alpha value is -2.39. The molecule has 162 valence electrons. The van der Waals surface area contributed by atoms with E-state index in [1.165, 1.54) is 12.1 Å². The first-order chi connectivity index (χ1) is 13.9. The fourth-order valence-electron chi connectivity index (χ4n) is 3.98. The van der Waals surface area contributed by atoms with Crippen LogP contribution >= 0.6 is 0 Å². The van der Waals surface area contributed by atoms with Crippen LogP contribution in [0.25, 0.3) is 0 Å². The second kappa shape index (κ2) is 8.03. The van der Waals surface area contributed by atoms with E-state index >= 15 is 0 Å². The van der Waals surface area contributed by atoms with Gasteiger partial charge < -0.3 is 5.32 Å². The summed E-state index contributed by atoms with van der Waals surface area (Å²) in [6.07, 6.45) is -3.75. The molecule has 30 heavy (non-hydrogen) atoms. The monoisotopic (exact) mass is 440 g/mol. The summed E-state index contributed by atoms with van der Waals surface area (Å²) in [5, 5.41) is 2.44. The highest BCUT2D eigenvalue weighted by molar-refractivity contribution is 7.89. The number of amides is 1. The molecule has 1 atom stereocenters. The third kappa shape index (κ3) is 4.37. The summed E-state index contributed by atoms with van der Waals surface area (Å²) >= 11 is 0. The van der Waals surface area contributed by atoms with Crippen LogP contribution < -0.4 is 5.32 Å². The standard InChI is InChI=1S/C21H23F3N2O3S/c1-13-10-14(2)19(15(3)11-13)30(28,29)26-9-5-8-18(26)20(27)25-17-7-4-6-16(12-17)21(22,23)24/h4,6-7,10-12,18H,5,8-9H2,1-3H3,(H,25,27). The molecular formula is C21H23F3N2O3S. The number of anilines is 1. The van der Waals surface area contributed by atoms with Crippen molar-refractivity contribution in [3.8, 4) is 0 Å². The maximum absolute atomic E-state index is 13.3. The van der Waals surface area contributed by atoms with E-state index < -0.39 is 33.7 Å². The quantitative estimate of drug-likeness (QED) is 0.765. The van der Waals surface area contributed by atoms with Gasteiger partial charge >= 0.3 is 6.18 Å². The minimum atomic E-state index is -4.54. The molecule has 1 heterocycles. The highest BCUT2D eigenvalue weighted by atomic mass is 32.2. The Morgan fingerprint density at radius 3 is 2.33 bits per heavy atom. The average molecular weight is 440 g/mol. The maximum Gasteiger partial charge on any atom is 0.416 e. The molecule has 0 aliphatic carbocycles. The van der Waals surface area contributed by atoms with Crippen LogP contribution in [0.2, 0.25) is 0 Å². The molecule has 9 heteroatoms. The van der Waals surface area contributed by atoms with E-state index in [-0.39, 0.29) is 17.1 Å². The minimum absolute atomic E-state index is 0.0261. The van der Waals surface area contributed by atoms with Crippen molar-refractivity contribution in [2.24, 2.45) is 0 Å². The number of hydrogen-bond donors (Lipinski definition) is 1. The number of nitrogens with zero attached hydrogens (tertiary/aromatic N) is 1. The van der Waals surface area contributed by atoms with Crippen molar-refractivity contribution >= 4 is 21.6 Å². The van der Waals surface area contributed by atoms with Gasteiger partial charge in [0.25, 0.3) is 0 Å². The molecule has 1 N–H and O–H groups in total. The van der Waals surface area contributed by atoms with Gasteiger partial charge in [-0.3, -0.25) is 4.79 Å². The molecule has 1 saturated heterocycles. The van der Waals surface area contributed by atoms with Crippen molar-refractivity contribution < 1.29 is 26.4 Å². The van der Waals surface area contributed by atoms with Gasteiger partial charge in [0.1, 0.15) is 6.04 Å². The fraction of sp³-hybridized carbons (Fsp3) is 0.381. The highest BCUT2D eigenvalue weighted by Gasteiger charge is 2.40. The summed E-state index contributed by atoms with van der Waals surface area (Å²) in [4.78, 5) is 13.0. The molecule has 2 aromatic rings. The number of aryl methyl sites for hydroxylation is 3. The number of carbonyl (C=O) groups is 1. The van der Waals surface area contributed by atoms with Crippen molar-refractivity contribution in [2.75, 3.05) is 11.9 Å². The lowest BCUT2D eigenvalue weighted by molar-refractivity contribution is -0.137. The van der Waals surface area contributed by atoms with Gasteiger partial charge in [-0.15, -0.1) is 0 Å². The molecule has 5 nitrogen and oxygen atoms in total. The zero-order chi connectivity index (χ0) is 22.3. The number of benzene rings is 2. The topological polar surface area (TPSA) is 66.5 Å². The van der Waals surface area contributed by atoms with Crippen LogP contribution in [-0.4, -0.2) is 31.2 Å². The molecule has 1 aliphatic heterocycles. The van der Waals surface area contributed by atoms with Crippen LogP contribution in [0.5, 0.6) is 0 Å². The summed E-state index contributed by atoms with van der Waals surface area (Å²) in [6.45, 7) is 5.47. The van der Waals surface area contributed by atoms with Crippen molar-refractivity contribution in [1.29, 1.82) is 0 Å². The van der Waals surface area contributed by atoms with Gasteiger partial charge in [0, 0.05) is 12.2 Å². The second-order valence-electron chi connectivity index (χ2n) is 7.57. The number of alkyl halides is 3. The third-order valence-corrected chi connectivity index (χ3v) is 7.35. The van der Waals surface area contributed by atoms with Crippen LogP contribution in [0, 0.1) is 20.8 Å². The largest absolute Gasteiger partial charge is 0.416 e. The van der Waals surface area contributed by atoms with Gasteiger partial charge in [0.2, 0.25) is 15.9 Å². The Bertz CT molecular complexity index is 1060. The van der Waals surface area contributed by atoms with Crippen LogP contribution in [-0.2, 0) is 21.0 Å². The van der Waals surface area contributed by atoms with Crippen molar-refractivity contribution in [2.45, 2.75) is 50.7 Å². The van der Waals surface area contributed by atoms with E-state index in [1.807, 2.05) is 6.92 Å². The highest BCUT2D eigenvalue weighted by Crippen LogP contribution is 2.33. The number of carbonyl (C=O) groups excluding carboxylic acids is 1. The van der Waals surface area contributed by atoms with Gasteiger partial charge in [-0.2, -0.15) is 17.5 Å². The fourth-order valence-corrected chi connectivity index (χ4v) is 6.05. The van der Waals surface area contributed by atoms with Crippen LogP contribution in [0.4, 0.5) is 18.9 Å². The maximum atomic E-state index is 13.3. The Labute approximate surface area is 173 Å². The smallest absolute Gasteiger partial charge is 0.325 e. The molecule has 1 aliphatic rings. The van der Waals surface area contributed by atoms with E-state index in [2.05, 4.69) is 5.32 Å². The molecule has 0 saturated carbocycles. The van der Waals surface area contributed by atoms with Gasteiger partial charge in [-0.25, -0.2) is 8.42 Å². The normalized spacial score (nSPS) is 17.9. The molecule has 0 bridgehead atoms. The van der Waals surface area contributed by atoms with E-state index in [4.69, 9.17) is 0 Å². The molecular weight excluding hydrogens is 417 g/mol. The molecule has 0 spiro atoms. The average Bonchev–Trinajstić information content (AvgIpc) is 3.11. The lowest BCUT2D eigenvalue weighted by Gasteiger charge is -2.25. The van der Waals surface area contributed by atoms with Crippen LogP contribution in [0.15, 0.2) is 41.3 Å². The summed E-state index contributed by atoms with van der Waals surface area (Å²) in [6, 6.07) is 6.84. The van der Waals surface area contributed by atoms with E-state index in [0.29, 0.717) is 24.0 Å². The van der Waals surface area contributed by atoms with Gasteiger partial charge in [0.15, 0.2) is 0 Å². The third-order valence-electron chi connectivity index (χ3n) is 5.14. The number of rotatable bonds is 4. The Morgan fingerprint density at radius 2 is 1.73 bits per heavy atom. The first-order valence-electron chi connectivity index (χ1n) is 9.49. The Kier molecular flexibility index (Phi) is 5.97. The van der Waals surface area contributed by atoms with Gasteiger partial charge in [-0.1, -0.05) is 23.8 Å². The zero-order valence-electron chi connectivity index (χ0n) is 16.9. The first kappa shape index (κ1) is 22.3. The SMILES string of the molecule is Cc1cc(C)c(S(=O)(=O)N2CCCC2C(=O)Nc2cccc(C(F)(F)F)c2)c(C)c1. The van der Waals surface area contributed by atoms with Crippen LogP contribution in [0.1, 0.15) is 35.1 Å². The zero-order valence-corrected chi connectivity index (χ0v) is 17.7. The van der Waals surface area contributed by atoms with Gasteiger partial charge in [0.05, 0.1) is 10.5 Å². The minimum Gasteiger partial charge on any atom is -0.325 e. The van der Waals surface area contributed by atoms with Crippen molar-refractivity contribution in [3.05, 3.63) is 58.7 Å². The lowest BCUT2D eigenvalue weighted by Crippen LogP contribution is -2.43. The van der Waals surface area contributed by atoms with Gasteiger partial charge in [-0.05, 0) is 62.9 Å². The predicted molar refractivity (Wildman–Crippen MR) is 108 cm³/mol. The number of halogens is 3. The Balaban J connectivity index is 1.88. The molecule has 1 unspecified atom stereocenters. The van der Waals surface area contributed by atoms with Crippen LogP contribution in [0.3, 0.4) is 0 Å². The molecule has 0 aromatic heterocycles. The first-order valence-corrected chi connectivity index (χ1v) is 10.9. The van der Waals surface area contributed by atoms with E-state index in [1.54, 1.807) is 26.0 Å². The van der Waals surface area contributed by atoms with Crippen molar-refractivity contribution in [3.63, 3.8) is 0 Å². The molecule has 1 amide bonds. The number of sulfonamides is 1. The summed E-state index contributed by atoms with van der Waals surface area (Å²) < 4.78 is 66.6. The lowest BCUT2D eigenvalue weighted by atomic mass is 10.1. The number of nitrogens with one attached hydrogen (secondary N) is 1. The summed E-state index contributed by atoms with van der Waals surface area (Å²) in [5.41, 5.74) is 1.21. The van der Waals surface area contributed by atoms with E-state index in [0.717, 1.165) is 22.0 Å². The summed E-state index contributed by atoms with van der Waals surface area (Å²) in [5.74, 6) is -0.641. The molecule has 1 fully saturated rings. The summed E-state index contributed by atoms with van der Waals surface area (Å²) in [7, 11) is -3.94. The molecule has 2 aromatic carbocycles. The second-order valence-corrected chi connectivity index (χ2v) is 9.40. The van der Waals surface area contributed by atoms with Crippen molar-refractivity contribution in [1.82, 2.24) is 4.31 Å². The molecule has 3 rings (SSSR count). The van der Waals surface area contributed by atoms with E-state index in [9.17, 15) is 26.4 Å². The molecule has 0 radical (unpaired) electrons. The predicted octanol–water partition coefficient (Wildman–Crippen LogP) is 4.42.